The predicted molar refractivity (Wildman–Crippen MR) is 191 cm³/mol. The lowest BCUT2D eigenvalue weighted by atomic mass is 10.0. The van der Waals surface area contributed by atoms with Gasteiger partial charge in [-0.25, -0.2) is 14.8 Å². The quantitative estimate of drug-likeness (QED) is 0.152. The summed E-state index contributed by atoms with van der Waals surface area (Å²) in [5.74, 6) is -1.13. The average molecular weight is 702 g/mol. The first-order chi connectivity index (χ1) is 23.9. The number of hydrogen-bond acceptors (Lipinski definition) is 9. The molecule has 1 aliphatic heterocycles. The monoisotopic (exact) mass is 701 g/mol. The highest BCUT2D eigenvalue weighted by Gasteiger charge is 2.39. The van der Waals surface area contributed by atoms with Gasteiger partial charge in [-0.1, -0.05) is 82.2 Å². The standard InChI is InChI=1S/C24H25F3N6O2.C13H29NO/c1-14-13-32(21-16(3)15(2)19(30-31-21)11-17-7-5-4-6-8-17)9-10-33(14)23-28-12-18(22(34)35)20(29-23)24(25,26)27;1-3-4-5-6-7-8-9-10-11-14(2)12-13-15/h4-8,12,14H,9-11,13H2,1-3H3,(H,34,35);15H,3-13H2,1-2H3/t14-;/m1./s1. The van der Waals surface area contributed by atoms with Crippen molar-refractivity contribution < 1.29 is 28.2 Å². The van der Waals surface area contributed by atoms with Crippen LogP contribution in [0.2, 0.25) is 0 Å². The Balaban J connectivity index is 0.000000381. The molecule has 13 heteroatoms. The zero-order valence-corrected chi connectivity index (χ0v) is 30.2. The molecule has 1 aliphatic rings. The first kappa shape index (κ1) is 40.6. The van der Waals surface area contributed by atoms with Crippen molar-refractivity contribution in [3.8, 4) is 0 Å². The summed E-state index contributed by atoms with van der Waals surface area (Å²) < 4.78 is 40.2. The van der Waals surface area contributed by atoms with Crippen molar-refractivity contribution in [3.05, 3.63) is 70.2 Å². The van der Waals surface area contributed by atoms with Crippen molar-refractivity contribution in [1.29, 1.82) is 0 Å². The summed E-state index contributed by atoms with van der Waals surface area (Å²) >= 11 is 0. The summed E-state index contributed by atoms with van der Waals surface area (Å²) in [5.41, 5.74) is 1.69. The van der Waals surface area contributed by atoms with E-state index in [1.54, 1.807) is 4.90 Å². The molecule has 3 heterocycles. The Labute approximate surface area is 294 Å². The van der Waals surface area contributed by atoms with Crippen LogP contribution in [0.15, 0.2) is 36.5 Å². The van der Waals surface area contributed by atoms with Gasteiger partial charge in [-0.05, 0) is 57.5 Å². The van der Waals surface area contributed by atoms with Crippen LogP contribution in [0.5, 0.6) is 0 Å². The molecule has 0 unspecified atom stereocenters. The number of carboxylic acid groups (broad SMARTS) is 1. The number of hydrogen-bond donors (Lipinski definition) is 2. The molecule has 3 aromatic rings. The van der Waals surface area contributed by atoms with Crippen LogP contribution in [0.3, 0.4) is 0 Å². The number of carbonyl (C=O) groups is 1. The molecule has 1 saturated heterocycles. The van der Waals surface area contributed by atoms with Gasteiger partial charge in [0.1, 0.15) is 5.56 Å². The minimum absolute atomic E-state index is 0.147. The molecule has 2 aromatic heterocycles. The Kier molecular flexibility index (Phi) is 16.3. The third-order valence-electron chi connectivity index (χ3n) is 9.14. The second-order valence-corrected chi connectivity index (χ2v) is 13.1. The SMILES string of the molecule is CCCCCCCCCCN(C)CCO.Cc1c(Cc2ccccc2)nnc(N2CCN(c3ncc(C(=O)O)c(C(F)(F)F)n3)[C@H](C)C2)c1C. The molecular weight excluding hydrogens is 647 g/mol. The van der Waals surface area contributed by atoms with E-state index < -0.39 is 23.4 Å². The molecule has 0 amide bonds. The van der Waals surface area contributed by atoms with Crippen molar-refractivity contribution in [2.45, 2.75) is 97.7 Å². The van der Waals surface area contributed by atoms with Gasteiger partial charge in [0.2, 0.25) is 5.95 Å². The molecule has 0 radical (unpaired) electrons. The molecule has 10 nitrogen and oxygen atoms in total. The predicted octanol–water partition coefficient (Wildman–Crippen LogP) is 6.96. The van der Waals surface area contributed by atoms with Crippen molar-refractivity contribution in [2.24, 2.45) is 0 Å². The topological polar surface area (TPSA) is 119 Å². The van der Waals surface area contributed by atoms with E-state index >= 15 is 0 Å². The van der Waals surface area contributed by atoms with Gasteiger partial charge in [-0.2, -0.15) is 18.3 Å². The number of likely N-dealkylation sites (N-methyl/N-ethyl adjacent to an activating group) is 1. The maximum Gasteiger partial charge on any atom is 0.434 e. The van der Waals surface area contributed by atoms with E-state index in [0.717, 1.165) is 47.5 Å². The smallest absolute Gasteiger partial charge is 0.434 e. The lowest BCUT2D eigenvalue weighted by molar-refractivity contribution is -0.141. The number of alkyl halides is 3. The number of piperazine rings is 1. The highest BCUT2D eigenvalue weighted by atomic mass is 19.4. The number of carboxylic acids is 1. The summed E-state index contributed by atoms with van der Waals surface area (Å²) in [6.07, 6.45) is 7.49. The van der Waals surface area contributed by atoms with E-state index in [2.05, 4.69) is 43.9 Å². The fourth-order valence-electron chi connectivity index (χ4n) is 6.03. The molecule has 276 valence electrons. The van der Waals surface area contributed by atoms with E-state index in [0.29, 0.717) is 26.1 Å². The highest BCUT2D eigenvalue weighted by molar-refractivity contribution is 5.88. The number of benzene rings is 1. The number of aromatic nitrogens is 4. The maximum absolute atomic E-state index is 13.4. The van der Waals surface area contributed by atoms with Gasteiger partial charge in [0.15, 0.2) is 11.5 Å². The largest absolute Gasteiger partial charge is 0.478 e. The van der Waals surface area contributed by atoms with Crippen LogP contribution in [0.4, 0.5) is 24.9 Å². The molecule has 1 atom stereocenters. The molecule has 0 aliphatic carbocycles. The van der Waals surface area contributed by atoms with Crippen LogP contribution in [-0.2, 0) is 12.6 Å². The normalized spacial score (nSPS) is 14.9. The number of aliphatic hydroxyl groups excluding tert-OH is 1. The second kappa shape index (κ2) is 20.1. The van der Waals surface area contributed by atoms with E-state index in [1.165, 1.54) is 51.4 Å². The summed E-state index contributed by atoms with van der Waals surface area (Å²) in [4.78, 5) is 24.6. The van der Waals surface area contributed by atoms with Gasteiger partial charge in [0, 0.05) is 44.8 Å². The average Bonchev–Trinajstić information content (AvgIpc) is 3.08. The molecule has 50 heavy (non-hydrogen) atoms. The molecule has 0 bridgehead atoms. The molecule has 1 fully saturated rings. The van der Waals surface area contributed by atoms with E-state index in [-0.39, 0.29) is 18.6 Å². The molecular formula is C37H54F3N7O3. The van der Waals surface area contributed by atoms with Crippen LogP contribution in [0.25, 0.3) is 0 Å². The van der Waals surface area contributed by atoms with Crippen LogP contribution < -0.4 is 9.80 Å². The summed E-state index contributed by atoms with van der Waals surface area (Å²) in [6.45, 7) is 11.7. The zero-order chi connectivity index (χ0) is 36.7. The minimum Gasteiger partial charge on any atom is -0.478 e. The number of halogens is 3. The van der Waals surface area contributed by atoms with Gasteiger partial charge in [0.25, 0.3) is 0 Å². The Morgan fingerprint density at radius 2 is 1.62 bits per heavy atom. The van der Waals surface area contributed by atoms with Crippen molar-refractivity contribution in [1.82, 2.24) is 25.1 Å². The van der Waals surface area contributed by atoms with Gasteiger partial charge in [0.05, 0.1) is 12.3 Å². The van der Waals surface area contributed by atoms with Crippen molar-refractivity contribution in [3.63, 3.8) is 0 Å². The Morgan fingerprint density at radius 3 is 2.22 bits per heavy atom. The molecule has 0 saturated carbocycles. The number of unbranched alkanes of at least 4 members (excludes halogenated alkanes) is 7. The summed E-state index contributed by atoms with van der Waals surface area (Å²) in [6, 6.07) is 9.77. The number of aromatic carboxylic acids is 1. The lowest BCUT2D eigenvalue weighted by Gasteiger charge is -2.41. The van der Waals surface area contributed by atoms with Crippen LogP contribution in [-0.4, -0.2) is 93.7 Å². The number of anilines is 2. The maximum atomic E-state index is 13.4. The van der Waals surface area contributed by atoms with E-state index in [1.807, 2.05) is 51.1 Å². The minimum atomic E-state index is -4.90. The van der Waals surface area contributed by atoms with Gasteiger partial charge in [-0.15, -0.1) is 5.10 Å². The van der Waals surface area contributed by atoms with Crippen molar-refractivity contribution in [2.75, 3.05) is 56.2 Å². The summed E-state index contributed by atoms with van der Waals surface area (Å²) in [5, 5.41) is 26.7. The number of rotatable bonds is 16. The Hall–Kier alpha value is -3.84. The first-order valence-corrected chi connectivity index (χ1v) is 17.7. The fourth-order valence-corrected chi connectivity index (χ4v) is 6.03. The second-order valence-electron chi connectivity index (χ2n) is 13.1. The number of nitrogens with zero attached hydrogens (tertiary/aromatic N) is 7. The third-order valence-corrected chi connectivity index (χ3v) is 9.14. The Bertz CT molecular complexity index is 1480. The van der Waals surface area contributed by atoms with Crippen LogP contribution >= 0.6 is 0 Å². The van der Waals surface area contributed by atoms with Crippen molar-refractivity contribution >= 4 is 17.7 Å². The van der Waals surface area contributed by atoms with E-state index in [9.17, 15) is 18.0 Å². The van der Waals surface area contributed by atoms with Gasteiger partial charge in [-0.3, -0.25) is 0 Å². The third kappa shape index (κ3) is 12.2. The van der Waals surface area contributed by atoms with Crippen LogP contribution in [0, 0.1) is 13.8 Å². The lowest BCUT2D eigenvalue weighted by Crippen LogP contribution is -2.53. The van der Waals surface area contributed by atoms with E-state index in [4.69, 9.17) is 10.2 Å². The molecule has 4 rings (SSSR count). The van der Waals surface area contributed by atoms with Gasteiger partial charge >= 0.3 is 12.1 Å². The molecule has 2 N–H and O–H groups in total. The fraction of sp³-hybridized carbons (Fsp3) is 0.595. The molecule has 0 spiro atoms. The highest BCUT2D eigenvalue weighted by Crippen LogP contribution is 2.32. The first-order valence-electron chi connectivity index (χ1n) is 17.7. The molecule has 1 aromatic carbocycles. The summed E-state index contributed by atoms with van der Waals surface area (Å²) in [7, 11) is 2.08. The van der Waals surface area contributed by atoms with Crippen LogP contribution in [0.1, 0.15) is 104 Å². The zero-order valence-electron chi connectivity index (χ0n) is 30.2. The Morgan fingerprint density at radius 1 is 0.960 bits per heavy atom. The number of aliphatic hydroxyl groups is 1. The van der Waals surface area contributed by atoms with Gasteiger partial charge < -0.3 is 24.9 Å².